The number of nitrogens with zero attached hydrogens (tertiary/aromatic N) is 1. The smallest absolute Gasteiger partial charge is 0.243 e. The summed E-state index contributed by atoms with van der Waals surface area (Å²) in [6.07, 6.45) is 2.72. The van der Waals surface area contributed by atoms with Gasteiger partial charge in [-0.3, -0.25) is 4.79 Å². The summed E-state index contributed by atoms with van der Waals surface area (Å²) in [5.74, 6) is 0.381. The van der Waals surface area contributed by atoms with Crippen molar-refractivity contribution in [2.75, 3.05) is 13.1 Å². The van der Waals surface area contributed by atoms with Gasteiger partial charge in [0.2, 0.25) is 5.91 Å². The summed E-state index contributed by atoms with van der Waals surface area (Å²) >= 11 is 0. The van der Waals surface area contributed by atoms with Crippen LogP contribution in [0.2, 0.25) is 0 Å². The quantitative estimate of drug-likeness (QED) is 0.867. The minimum absolute atomic E-state index is 0. The molecule has 1 aliphatic heterocycles. The Kier molecular flexibility index (Phi) is 5.15. The molecule has 1 fully saturated rings. The number of nitrogens with two attached hydrogens (primary N) is 1. The number of hydrogen-bond donors (Lipinski definition) is 2. The Bertz CT molecular complexity index is 514. The molecular formula is C17H25ClN2O2. The molecule has 1 saturated heterocycles. The van der Waals surface area contributed by atoms with Gasteiger partial charge >= 0.3 is 0 Å². The summed E-state index contributed by atoms with van der Waals surface area (Å²) in [5.41, 5.74) is 8.06. The van der Waals surface area contributed by atoms with Crippen molar-refractivity contribution in [3.63, 3.8) is 0 Å². The van der Waals surface area contributed by atoms with Crippen LogP contribution >= 0.6 is 12.4 Å². The summed E-state index contributed by atoms with van der Waals surface area (Å²) < 4.78 is 0. The number of fused-ring (bicyclic) bond motifs is 1. The average Bonchev–Trinajstić information content (AvgIpc) is 2.84. The predicted octanol–water partition coefficient (Wildman–Crippen LogP) is 1.52. The zero-order chi connectivity index (χ0) is 15.0. The molecule has 0 saturated carbocycles. The van der Waals surface area contributed by atoms with E-state index in [1.807, 2.05) is 24.0 Å². The van der Waals surface area contributed by atoms with E-state index in [9.17, 15) is 9.90 Å². The zero-order valence-corrected chi connectivity index (χ0v) is 13.8. The van der Waals surface area contributed by atoms with Gasteiger partial charge in [-0.05, 0) is 49.7 Å². The molecule has 1 aliphatic carbocycles. The number of aliphatic hydroxyl groups excluding tert-OH is 1. The highest BCUT2D eigenvalue weighted by Crippen LogP contribution is 2.31. The van der Waals surface area contributed by atoms with Crippen molar-refractivity contribution >= 4 is 18.3 Å². The number of carbonyl (C=O) groups excluding carboxylic acids is 1. The molecule has 0 radical (unpaired) electrons. The van der Waals surface area contributed by atoms with E-state index >= 15 is 0 Å². The number of halogens is 1. The third-order valence-corrected chi connectivity index (χ3v) is 5.07. The van der Waals surface area contributed by atoms with E-state index in [1.54, 1.807) is 0 Å². The molecule has 0 spiro atoms. The second-order valence-electron chi connectivity index (χ2n) is 6.65. The molecule has 5 heteroatoms. The van der Waals surface area contributed by atoms with E-state index in [0.29, 0.717) is 31.8 Å². The number of piperidine rings is 1. The third kappa shape index (κ3) is 3.14. The van der Waals surface area contributed by atoms with Gasteiger partial charge in [-0.1, -0.05) is 24.3 Å². The van der Waals surface area contributed by atoms with Crippen molar-refractivity contribution < 1.29 is 9.90 Å². The highest BCUT2D eigenvalue weighted by atomic mass is 35.5. The van der Waals surface area contributed by atoms with Gasteiger partial charge in [0, 0.05) is 13.1 Å². The van der Waals surface area contributed by atoms with Crippen LogP contribution in [0, 0.1) is 5.92 Å². The van der Waals surface area contributed by atoms with E-state index in [-0.39, 0.29) is 24.4 Å². The number of benzene rings is 1. The number of likely N-dealkylation sites (tertiary alicyclic amines) is 1. The van der Waals surface area contributed by atoms with Crippen LogP contribution in [0.15, 0.2) is 24.3 Å². The van der Waals surface area contributed by atoms with E-state index in [2.05, 4.69) is 12.1 Å². The summed E-state index contributed by atoms with van der Waals surface area (Å²) in [6.45, 7) is 3.26. The highest BCUT2D eigenvalue weighted by molar-refractivity contribution is 5.88. The van der Waals surface area contributed by atoms with Gasteiger partial charge in [0.15, 0.2) is 0 Å². The molecule has 1 aromatic carbocycles. The second-order valence-corrected chi connectivity index (χ2v) is 6.65. The molecule has 1 unspecified atom stereocenters. The van der Waals surface area contributed by atoms with E-state index in [0.717, 1.165) is 12.8 Å². The van der Waals surface area contributed by atoms with Gasteiger partial charge in [0.25, 0.3) is 0 Å². The van der Waals surface area contributed by atoms with Crippen molar-refractivity contribution in [1.29, 1.82) is 0 Å². The largest absolute Gasteiger partial charge is 0.393 e. The molecule has 3 N–H and O–H groups in total. The van der Waals surface area contributed by atoms with Gasteiger partial charge in [-0.25, -0.2) is 0 Å². The van der Waals surface area contributed by atoms with Gasteiger partial charge in [0.05, 0.1) is 6.10 Å². The first-order valence-electron chi connectivity index (χ1n) is 7.83. The second kappa shape index (κ2) is 6.57. The molecular weight excluding hydrogens is 300 g/mol. The highest BCUT2D eigenvalue weighted by Gasteiger charge is 2.43. The normalized spacial score (nSPS) is 21.9. The Morgan fingerprint density at radius 3 is 2.23 bits per heavy atom. The van der Waals surface area contributed by atoms with Crippen molar-refractivity contribution in [3.8, 4) is 0 Å². The molecule has 0 aromatic heterocycles. The lowest BCUT2D eigenvalue weighted by atomic mass is 9.89. The van der Waals surface area contributed by atoms with Crippen LogP contribution in [-0.4, -0.2) is 40.6 Å². The number of amides is 1. The first-order chi connectivity index (χ1) is 9.99. The average molecular weight is 325 g/mol. The fraction of sp³-hybridized carbons (Fsp3) is 0.588. The molecule has 4 nitrogen and oxygen atoms in total. The number of carbonyl (C=O) groups is 1. The van der Waals surface area contributed by atoms with Crippen molar-refractivity contribution in [2.24, 2.45) is 11.7 Å². The van der Waals surface area contributed by atoms with Crippen LogP contribution in [0.4, 0.5) is 0 Å². The molecule has 0 bridgehead atoms. The molecule has 122 valence electrons. The lowest BCUT2D eigenvalue weighted by Gasteiger charge is -2.37. The first kappa shape index (κ1) is 17.3. The zero-order valence-electron chi connectivity index (χ0n) is 13.0. The molecule has 1 atom stereocenters. The summed E-state index contributed by atoms with van der Waals surface area (Å²) in [6, 6.07) is 8.14. The van der Waals surface area contributed by atoms with Gasteiger partial charge in [0.1, 0.15) is 5.54 Å². The van der Waals surface area contributed by atoms with Crippen LogP contribution in [0.5, 0.6) is 0 Å². The van der Waals surface area contributed by atoms with Crippen molar-refractivity contribution in [3.05, 3.63) is 35.4 Å². The van der Waals surface area contributed by atoms with Gasteiger partial charge in [-0.2, -0.15) is 0 Å². The molecule has 22 heavy (non-hydrogen) atoms. The van der Waals surface area contributed by atoms with Crippen LogP contribution in [0.3, 0.4) is 0 Å². The fourth-order valence-electron chi connectivity index (χ4n) is 3.70. The van der Waals surface area contributed by atoms with Crippen LogP contribution < -0.4 is 5.73 Å². The Hall–Kier alpha value is -1.10. The standard InChI is InChI=1S/C17H24N2O2.ClH/c1-12(20)13-6-8-19(9-7-13)16(21)17(18)10-14-4-2-3-5-15(14)11-17;/h2-5,12-13,20H,6-11,18H2,1H3;1H. The van der Waals surface area contributed by atoms with Gasteiger partial charge < -0.3 is 15.7 Å². The van der Waals surface area contributed by atoms with Crippen LogP contribution in [-0.2, 0) is 17.6 Å². The monoisotopic (exact) mass is 324 g/mol. The minimum atomic E-state index is -0.776. The molecule has 1 heterocycles. The van der Waals surface area contributed by atoms with Crippen molar-refractivity contribution in [2.45, 2.75) is 44.2 Å². The Morgan fingerprint density at radius 2 is 1.77 bits per heavy atom. The van der Waals surface area contributed by atoms with E-state index in [1.165, 1.54) is 11.1 Å². The van der Waals surface area contributed by atoms with E-state index < -0.39 is 5.54 Å². The van der Waals surface area contributed by atoms with Crippen molar-refractivity contribution in [1.82, 2.24) is 4.90 Å². The van der Waals surface area contributed by atoms with Crippen LogP contribution in [0.25, 0.3) is 0 Å². The molecule has 3 rings (SSSR count). The number of aliphatic hydroxyl groups is 1. The maximum atomic E-state index is 12.8. The molecule has 2 aliphatic rings. The Labute approximate surface area is 138 Å². The molecule has 1 amide bonds. The fourth-order valence-corrected chi connectivity index (χ4v) is 3.70. The first-order valence-corrected chi connectivity index (χ1v) is 7.83. The minimum Gasteiger partial charge on any atom is -0.393 e. The Balaban J connectivity index is 0.00000176. The number of rotatable bonds is 2. The summed E-state index contributed by atoms with van der Waals surface area (Å²) in [4.78, 5) is 14.7. The predicted molar refractivity (Wildman–Crippen MR) is 89.0 cm³/mol. The Morgan fingerprint density at radius 1 is 1.27 bits per heavy atom. The third-order valence-electron chi connectivity index (χ3n) is 5.07. The van der Waals surface area contributed by atoms with E-state index in [4.69, 9.17) is 5.73 Å². The maximum absolute atomic E-state index is 12.8. The molecule has 1 aromatic rings. The van der Waals surface area contributed by atoms with Crippen LogP contribution in [0.1, 0.15) is 30.9 Å². The van der Waals surface area contributed by atoms with Gasteiger partial charge in [-0.15, -0.1) is 12.4 Å². The topological polar surface area (TPSA) is 66.6 Å². The lowest BCUT2D eigenvalue weighted by Crippen LogP contribution is -2.57. The maximum Gasteiger partial charge on any atom is 0.243 e. The SMILES string of the molecule is CC(O)C1CCN(C(=O)C2(N)Cc3ccccc3C2)CC1.Cl. The summed E-state index contributed by atoms with van der Waals surface area (Å²) in [7, 11) is 0. The lowest BCUT2D eigenvalue weighted by molar-refractivity contribution is -0.138. The summed E-state index contributed by atoms with van der Waals surface area (Å²) in [5, 5.41) is 9.65. The number of hydrogen-bond acceptors (Lipinski definition) is 3.